The van der Waals surface area contributed by atoms with Gasteiger partial charge in [0.05, 0.1) is 11.6 Å². The largest absolute Gasteiger partial charge is 0.353 e. The van der Waals surface area contributed by atoms with Gasteiger partial charge in [0.2, 0.25) is 5.91 Å². The van der Waals surface area contributed by atoms with E-state index in [2.05, 4.69) is 30.6 Å². The van der Waals surface area contributed by atoms with Gasteiger partial charge < -0.3 is 10.2 Å². The minimum absolute atomic E-state index is 0.0138. The molecule has 0 radical (unpaired) electrons. The van der Waals surface area contributed by atoms with E-state index in [4.69, 9.17) is 0 Å². The van der Waals surface area contributed by atoms with Crippen molar-refractivity contribution in [3.05, 3.63) is 17.4 Å². The standard InChI is InChI=1S/C13H14N8OS/c1-7-5-23-13(16-7)17-12(22)8-3-21(4-8)11-9-10(14-6-15-11)20(2)19-18-9/h5-6,8H,3-4H2,1-2H3,(H,16,17,22). The first kappa shape index (κ1) is 14.0. The van der Waals surface area contributed by atoms with Crippen LogP contribution in [0.15, 0.2) is 11.7 Å². The summed E-state index contributed by atoms with van der Waals surface area (Å²) >= 11 is 1.43. The molecule has 1 N–H and O–H groups in total. The molecule has 0 spiro atoms. The summed E-state index contributed by atoms with van der Waals surface area (Å²) in [4.78, 5) is 26.9. The van der Waals surface area contributed by atoms with Gasteiger partial charge in [-0.2, -0.15) is 0 Å². The predicted octanol–water partition coefficient (Wildman–Crippen LogP) is 0.598. The van der Waals surface area contributed by atoms with Crippen LogP contribution in [0, 0.1) is 12.8 Å². The number of aromatic nitrogens is 6. The SMILES string of the molecule is Cc1csc(NC(=O)C2CN(c3ncnc4c3nnn4C)C2)n1. The van der Waals surface area contributed by atoms with Crippen LogP contribution in [0.5, 0.6) is 0 Å². The molecule has 1 amide bonds. The first-order valence-corrected chi connectivity index (χ1v) is 7.98. The summed E-state index contributed by atoms with van der Waals surface area (Å²) in [6.07, 6.45) is 1.49. The topological polar surface area (TPSA) is 102 Å². The molecule has 3 aromatic rings. The predicted molar refractivity (Wildman–Crippen MR) is 85.3 cm³/mol. The fourth-order valence-corrected chi connectivity index (χ4v) is 3.20. The maximum Gasteiger partial charge on any atom is 0.232 e. The Morgan fingerprint density at radius 1 is 1.39 bits per heavy atom. The number of nitrogens with zero attached hydrogens (tertiary/aromatic N) is 7. The van der Waals surface area contributed by atoms with E-state index in [-0.39, 0.29) is 11.8 Å². The van der Waals surface area contributed by atoms with E-state index >= 15 is 0 Å². The van der Waals surface area contributed by atoms with Crippen molar-refractivity contribution < 1.29 is 4.79 Å². The molecule has 4 heterocycles. The Morgan fingerprint density at radius 3 is 2.96 bits per heavy atom. The fourth-order valence-electron chi connectivity index (χ4n) is 2.51. The van der Waals surface area contributed by atoms with Crippen molar-refractivity contribution in [2.75, 3.05) is 23.3 Å². The molecule has 0 atom stereocenters. The molecule has 0 aromatic carbocycles. The Morgan fingerprint density at radius 2 is 2.22 bits per heavy atom. The molecule has 9 nitrogen and oxygen atoms in total. The molecule has 0 unspecified atom stereocenters. The maximum atomic E-state index is 12.2. The summed E-state index contributed by atoms with van der Waals surface area (Å²) in [5.74, 6) is 0.623. The third kappa shape index (κ3) is 2.40. The molecule has 1 fully saturated rings. The van der Waals surface area contributed by atoms with E-state index in [0.717, 1.165) is 11.5 Å². The average molecular weight is 330 g/mol. The number of amides is 1. The summed E-state index contributed by atoms with van der Waals surface area (Å²) in [5, 5.41) is 13.5. The van der Waals surface area contributed by atoms with Crippen LogP contribution in [0.25, 0.3) is 11.2 Å². The van der Waals surface area contributed by atoms with Crippen molar-refractivity contribution in [2.45, 2.75) is 6.92 Å². The Kier molecular flexibility index (Phi) is 3.18. The summed E-state index contributed by atoms with van der Waals surface area (Å²) in [7, 11) is 1.79. The summed E-state index contributed by atoms with van der Waals surface area (Å²) < 4.78 is 1.61. The van der Waals surface area contributed by atoms with E-state index in [1.165, 1.54) is 17.7 Å². The van der Waals surface area contributed by atoms with E-state index in [1.54, 1.807) is 11.7 Å². The lowest BCUT2D eigenvalue weighted by molar-refractivity contribution is -0.120. The van der Waals surface area contributed by atoms with E-state index < -0.39 is 0 Å². The van der Waals surface area contributed by atoms with Crippen LogP contribution in [0.2, 0.25) is 0 Å². The second kappa shape index (κ2) is 5.23. The molecule has 0 saturated carbocycles. The van der Waals surface area contributed by atoms with Gasteiger partial charge in [-0.1, -0.05) is 5.21 Å². The number of fused-ring (bicyclic) bond motifs is 1. The van der Waals surface area contributed by atoms with E-state index in [1.807, 2.05) is 17.2 Å². The second-order valence-corrected chi connectivity index (χ2v) is 6.33. The van der Waals surface area contributed by atoms with Crippen LogP contribution in [0.1, 0.15) is 5.69 Å². The van der Waals surface area contributed by atoms with Gasteiger partial charge in [-0.25, -0.2) is 19.6 Å². The number of carbonyl (C=O) groups is 1. The number of rotatable bonds is 3. The zero-order valence-electron chi connectivity index (χ0n) is 12.6. The van der Waals surface area contributed by atoms with E-state index in [9.17, 15) is 4.79 Å². The van der Waals surface area contributed by atoms with E-state index in [0.29, 0.717) is 29.4 Å². The number of aryl methyl sites for hydroxylation is 2. The van der Waals surface area contributed by atoms with Gasteiger partial charge in [-0.15, -0.1) is 16.4 Å². The smallest absolute Gasteiger partial charge is 0.232 e. The average Bonchev–Trinajstić information content (AvgIpc) is 3.05. The van der Waals surface area contributed by atoms with Crippen LogP contribution < -0.4 is 10.2 Å². The van der Waals surface area contributed by atoms with Gasteiger partial charge in [0.1, 0.15) is 6.33 Å². The van der Waals surface area contributed by atoms with Gasteiger partial charge in [-0.05, 0) is 6.92 Å². The van der Waals surface area contributed by atoms with Crippen molar-refractivity contribution in [3.8, 4) is 0 Å². The second-order valence-electron chi connectivity index (χ2n) is 5.47. The van der Waals surface area contributed by atoms with Crippen molar-refractivity contribution in [2.24, 2.45) is 13.0 Å². The molecule has 0 aliphatic carbocycles. The summed E-state index contributed by atoms with van der Waals surface area (Å²) in [6, 6.07) is 0. The number of carbonyl (C=O) groups excluding carboxylic acids is 1. The molecule has 23 heavy (non-hydrogen) atoms. The van der Waals surface area contributed by atoms with Gasteiger partial charge in [0.25, 0.3) is 0 Å². The van der Waals surface area contributed by atoms with Crippen molar-refractivity contribution in [1.82, 2.24) is 29.9 Å². The number of nitrogens with one attached hydrogen (secondary N) is 1. The molecular weight excluding hydrogens is 316 g/mol. The van der Waals surface area contributed by atoms with Gasteiger partial charge in [0, 0.05) is 25.5 Å². The molecule has 10 heteroatoms. The molecule has 3 aromatic heterocycles. The number of hydrogen-bond acceptors (Lipinski definition) is 8. The first-order valence-electron chi connectivity index (χ1n) is 7.10. The van der Waals surface area contributed by atoms with Gasteiger partial charge in [0.15, 0.2) is 22.1 Å². The highest BCUT2D eigenvalue weighted by Crippen LogP contribution is 2.28. The monoisotopic (exact) mass is 330 g/mol. The van der Waals surface area contributed by atoms with Gasteiger partial charge >= 0.3 is 0 Å². The normalized spacial score (nSPS) is 15.0. The number of anilines is 2. The molecule has 4 rings (SSSR count). The minimum Gasteiger partial charge on any atom is -0.353 e. The lowest BCUT2D eigenvalue weighted by atomic mass is 9.99. The quantitative estimate of drug-likeness (QED) is 0.750. The highest BCUT2D eigenvalue weighted by molar-refractivity contribution is 7.13. The third-order valence-corrected chi connectivity index (χ3v) is 4.65. The lowest BCUT2D eigenvalue weighted by Crippen LogP contribution is -2.52. The zero-order chi connectivity index (χ0) is 16.0. The molecule has 118 valence electrons. The highest BCUT2D eigenvalue weighted by atomic mass is 32.1. The fraction of sp³-hybridized carbons (Fsp3) is 0.385. The van der Waals surface area contributed by atoms with Crippen LogP contribution in [0.4, 0.5) is 10.9 Å². The molecule has 1 saturated heterocycles. The number of hydrogen-bond donors (Lipinski definition) is 1. The Bertz CT molecular complexity index is 881. The van der Waals surface area contributed by atoms with Crippen molar-refractivity contribution in [1.29, 1.82) is 0 Å². The lowest BCUT2D eigenvalue weighted by Gasteiger charge is -2.38. The molecular formula is C13H14N8OS. The Labute approximate surface area is 135 Å². The first-order chi connectivity index (χ1) is 11.1. The van der Waals surface area contributed by atoms with Crippen LogP contribution in [-0.2, 0) is 11.8 Å². The minimum atomic E-state index is -0.0825. The van der Waals surface area contributed by atoms with Crippen molar-refractivity contribution >= 4 is 39.4 Å². The molecule has 1 aliphatic heterocycles. The zero-order valence-corrected chi connectivity index (χ0v) is 13.4. The summed E-state index contributed by atoms with van der Waals surface area (Å²) in [5.41, 5.74) is 2.25. The Balaban J connectivity index is 1.45. The number of thiazole rings is 1. The molecule has 0 bridgehead atoms. The third-order valence-electron chi connectivity index (χ3n) is 3.77. The van der Waals surface area contributed by atoms with Gasteiger partial charge in [-0.3, -0.25) is 4.79 Å². The highest BCUT2D eigenvalue weighted by Gasteiger charge is 2.35. The molecule has 1 aliphatic rings. The summed E-state index contributed by atoms with van der Waals surface area (Å²) in [6.45, 7) is 3.09. The Hall–Kier alpha value is -2.62. The van der Waals surface area contributed by atoms with Crippen LogP contribution in [-0.4, -0.2) is 48.9 Å². The maximum absolute atomic E-state index is 12.2. The van der Waals surface area contributed by atoms with Crippen molar-refractivity contribution in [3.63, 3.8) is 0 Å². The van der Waals surface area contributed by atoms with Crippen LogP contribution >= 0.6 is 11.3 Å². The van der Waals surface area contributed by atoms with Crippen LogP contribution in [0.3, 0.4) is 0 Å².